The van der Waals surface area contributed by atoms with Gasteiger partial charge in [-0.15, -0.1) is 23.7 Å². The number of H-pyrrole nitrogens is 1. The molecule has 6 nitrogen and oxygen atoms in total. The van der Waals surface area contributed by atoms with Crippen LogP contribution in [0.4, 0.5) is 4.39 Å². The summed E-state index contributed by atoms with van der Waals surface area (Å²) >= 11 is 1.62. The quantitative estimate of drug-likeness (QED) is 0.370. The molecule has 32 heavy (non-hydrogen) atoms. The highest BCUT2D eigenvalue weighted by Crippen LogP contribution is 2.41. The summed E-state index contributed by atoms with van der Waals surface area (Å²) in [5, 5.41) is 30.7. The van der Waals surface area contributed by atoms with E-state index in [1.807, 2.05) is 12.3 Å². The number of phenols is 1. The highest BCUT2D eigenvalue weighted by Gasteiger charge is 2.26. The lowest BCUT2D eigenvalue weighted by atomic mass is 9.90. The van der Waals surface area contributed by atoms with Gasteiger partial charge in [-0.3, -0.25) is 5.10 Å². The van der Waals surface area contributed by atoms with Gasteiger partial charge in [0, 0.05) is 34.2 Å². The molecular weight excluding hydrogens is 449 g/mol. The predicted molar refractivity (Wildman–Crippen MR) is 125 cm³/mol. The fourth-order valence-electron chi connectivity index (χ4n) is 4.40. The van der Waals surface area contributed by atoms with E-state index in [0.29, 0.717) is 22.8 Å². The van der Waals surface area contributed by atoms with Crippen LogP contribution in [0.15, 0.2) is 23.6 Å². The van der Waals surface area contributed by atoms with E-state index in [0.717, 1.165) is 35.0 Å². The maximum absolute atomic E-state index is 14.7. The van der Waals surface area contributed by atoms with Crippen molar-refractivity contribution < 1.29 is 9.50 Å². The van der Waals surface area contributed by atoms with Crippen LogP contribution in [0, 0.1) is 24.1 Å². The van der Waals surface area contributed by atoms with Crippen molar-refractivity contribution in [2.45, 2.75) is 44.9 Å². The minimum Gasteiger partial charge on any atom is -0.508 e. The third-order valence-electron chi connectivity index (χ3n) is 5.93. The Morgan fingerprint density at radius 2 is 2.00 bits per heavy atom. The summed E-state index contributed by atoms with van der Waals surface area (Å²) in [6.45, 7) is 1.87. The minimum atomic E-state index is -0.650. The molecule has 0 spiro atoms. The van der Waals surface area contributed by atoms with Gasteiger partial charge < -0.3 is 5.11 Å². The van der Waals surface area contributed by atoms with Crippen molar-refractivity contribution in [1.29, 1.82) is 5.26 Å². The van der Waals surface area contributed by atoms with Crippen LogP contribution in [0.2, 0.25) is 0 Å². The summed E-state index contributed by atoms with van der Waals surface area (Å²) in [7, 11) is 0. The number of hydrogen-bond donors (Lipinski definition) is 2. The molecule has 9 heteroatoms. The van der Waals surface area contributed by atoms with Crippen LogP contribution in [0.25, 0.3) is 33.5 Å². The Balaban J connectivity index is 0.00000245. The van der Waals surface area contributed by atoms with E-state index in [9.17, 15) is 14.8 Å². The van der Waals surface area contributed by atoms with E-state index in [-0.39, 0.29) is 35.0 Å². The SMILES string of the molecule is Cc1[nH]nc2nc(-c3ccc(O)cc3F)c(C#N)c(-c3csc(C4CCCCC4)n3)c12.Cl. The molecule has 1 aliphatic rings. The molecular formula is C23H21ClFN5OS. The monoisotopic (exact) mass is 469 g/mol. The van der Waals surface area contributed by atoms with Crippen molar-refractivity contribution >= 4 is 34.8 Å². The highest BCUT2D eigenvalue weighted by atomic mass is 35.5. The Bertz CT molecular complexity index is 1340. The van der Waals surface area contributed by atoms with Crippen molar-refractivity contribution in [2.24, 2.45) is 0 Å². The summed E-state index contributed by atoms with van der Waals surface area (Å²) in [6, 6.07) is 6.06. The van der Waals surface area contributed by atoms with Crippen molar-refractivity contribution in [3.8, 4) is 34.3 Å². The van der Waals surface area contributed by atoms with E-state index in [2.05, 4.69) is 21.3 Å². The number of aromatic amines is 1. The molecule has 5 rings (SSSR count). The summed E-state index contributed by atoms with van der Waals surface area (Å²) in [6.07, 6.45) is 5.98. The Kier molecular flexibility index (Phi) is 6.13. The zero-order valence-corrected chi connectivity index (χ0v) is 19.0. The Labute approximate surface area is 194 Å². The van der Waals surface area contributed by atoms with E-state index in [1.165, 1.54) is 31.4 Å². The molecule has 4 aromatic rings. The van der Waals surface area contributed by atoms with Crippen molar-refractivity contribution in [2.75, 3.05) is 0 Å². The average Bonchev–Trinajstić information content (AvgIpc) is 3.40. The Morgan fingerprint density at radius 1 is 1.22 bits per heavy atom. The molecule has 0 amide bonds. The van der Waals surface area contributed by atoms with E-state index in [1.54, 1.807) is 11.3 Å². The molecule has 3 aromatic heterocycles. The van der Waals surface area contributed by atoms with Gasteiger partial charge in [-0.05, 0) is 31.9 Å². The molecule has 0 unspecified atom stereocenters. The molecule has 164 valence electrons. The zero-order chi connectivity index (χ0) is 21.5. The Hall–Kier alpha value is -3.02. The van der Waals surface area contributed by atoms with Crippen molar-refractivity contribution in [3.63, 3.8) is 0 Å². The smallest absolute Gasteiger partial charge is 0.182 e. The second kappa shape index (κ2) is 8.85. The average molecular weight is 470 g/mol. The lowest BCUT2D eigenvalue weighted by molar-refractivity contribution is 0.442. The van der Waals surface area contributed by atoms with Crippen LogP contribution in [-0.2, 0) is 0 Å². The van der Waals surface area contributed by atoms with Gasteiger partial charge in [-0.1, -0.05) is 19.3 Å². The molecule has 1 saturated carbocycles. The summed E-state index contributed by atoms with van der Waals surface area (Å²) < 4.78 is 14.7. The lowest BCUT2D eigenvalue weighted by Gasteiger charge is -2.19. The fraction of sp³-hybridized carbons (Fsp3) is 0.304. The van der Waals surface area contributed by atoms with Gasteiger partial charge in [0.25, 0.3) is 0 Å². The van der Waals surface area contributed by atoms with Crippen LogP contribution in [0.3, 0.4) is 0 Å². The molecule has 3 heterocycles. The number of pyridine rings is 1. The molecule has 0 atom stereocenters. The van der Waals surface area contributed by atoms with E-state index in [4.69, 9.17) is 4.98 Å². The first kappa shape index (κ1) is 22.2. The number of rotatable bonds is 3. The van der Waals surface area contributed by atoms with Crippen molar-refractivity contribution in [3.05, 3.63) is 45.7 Å². The zero-order valence-electron chi connectivity index (χ0n) is 17.4. The van der Waals surface area contributed by atoms with Crippen molar-refractivity contribution in [1.82, 2.24) is 20.2 Å². The lowest BCUT2D eigenvalue weighted by Crippen LogP contribution is -2.04. The highest BCUT2D eigenvalue weighted by molar-refractivity contribution is 7.10. The normalized spacial score (nSPS) is 14.3. The molecule has 1 aliphatic carbocycles. The number of aryl methyl sites for hydroxylation is 1. The Morgan fingerprint density at radius 3 is 2.72 bits per heavy atom. The first-order valence-corrected chi connectivity index (χ1v) is 11.2. The van der Waals surface area contributed by atoms with E-state index >= 15 is 0 Å². The van der Waals surface area contributed by atoms with Gasteiger partial charge in [0.2, 0.25) is 0 Å². The van der Waals surface area contributed by atoms with Gasteiger partial charge in [0.15, 0.2) is 5.65 Å². The number of nitrogens with one attached hydrogen (secondary N) is 1. The predicted octanol–water partition coefficient (Wildman–Crippen LogP) is 6.24. The molecule has 1 aromatic carbocycles. The van der Waals surface area contributed by atoms with Crippen LogP contribution in [0.1, 0.15) is 54.3 Å². The largest absolute Gasteiger partial charge is 0.508 e. The molecule has 2 N–H and O–H groups in total. The minimum absolute atomic E-state index is 0. The number of fused-ring (bicyclic) bond motifs is 1. The summed E-state index contributed by atoms with van der Waals surface area (Å²) in [4.78, 5) is 9.42. The number of aromatic hydroxyl groups is 1. The molecule has 0 bridgehead atoms. The second-order valence-electron chi connectivity index (χ2n) is 7.94. The standard InChI is InChI=1S/C23H20FN5OS.ClH/c1-12-19-20(18-11-31-23(26-18)13-5-3-2-4-6-13)16(10-25)21(27-22(19)29-28-12)15-8-7-14(30)9-17(15)24;/h7-9,11,13,30H,2-6H2,1H3,(H,27,28,29);1H. The molecule has 0 saturated heterocycles. The number of benzene rings is 1. The maximum Gasteiger partial charge on any atom is 0.182 e. The van der Waals surface area contributed by atoms with E-state index < -0.39 is 5.82 Å². The number of phenolic OH excluding ortho intramolecular Hbond substituents is 1. The van der Waals surface area contributed by atoms with Gasteiger partial charge in [0.1, 0.15) is 17.6 Å². The number of aromatic nitrogens is 4. The molecule has 0 radical (unpaired) electrons. The first-order valence-electron chi connectivity index (χ1n) is 10.3. The van der Waals surface area contributed by atoms with Crippen LogP contribution in [-0.4, -0.2) is 25.3 Å². The number of nitriles is 1. The maximum atomic E-state index is 14.7. The third kappa shape index (κ3) is 3.72. The fourth-order valence-corrected chi connectivity index (χ4v) is 5.38. The number of halogens is 2. The van der Waals surface area contributed by atoms with Gasteiger partial charge in [0.05, 0.1) is 27.3 Å². The van der Waals surface area contributed by atoms with Gasteiger partial charge in [-0.2, -0.15) is 10.4 Å². The topological polar surface area (TPSA) is 98.5 Å². The van der Waals surface area contributed by atoms with Crippen LogP contribution < -0.4 is 0 Å². The molecule has 0 aliphatic heterocycles. The second-order valence-corrected chi connectivity index (χ2v) is 8.83. The summed E-state index contributed by atoms with van der Waals surface area (Å²) in [5.41, 5.74) is 3.09. The van der Waals surface area contributed by atoms with Crippen LogP contribution in [0.5, 0.6) is 5.75 Å². The van der Waals surface area contributed by atoms with Crippen LogP contribution >= 0.6 is 23.7 Å². The van der Waals surface area contributed by atoms with Gasteiger partial charge in [-0.25, -0.2) is 14.4 Å². The molecule has 1 fully saturated rings. The first-order chi connectivity index (χ1) is 15.1. The summed E-state index contributed by atoms with van der Waals surface area (Å²) in [5.74, 6) is -0.383. The number of nitrogens with zero attached hydrogens (tertiary/aromatic N) is 4. The third-order valence-corrected chi connectivity index (χ3v) is 6.94. The number of thiazole rings is 1. The van der Waals surface area contributed by atoms with Gasteiger partial charge >= 0.3 is 0 Å². The number of hydrogen-bond acceptors (Lipinski definition) is 6.